The van der Waals surface area contributed by atoms with Gasteiger partial charge in [0.1, 0.15) is 5.82 Å². The van der Waals surface area contributed by atoms with Crippen LogP contribution in [0.5, 0.6) is 0 Å². The molecule has 3 aromatic rings. The van der Waals surface area contributed by atoms with Crippen LogP contribution in [0.1, 0.15) is 36.7 Å². The van der Waals surface area contributed by atoms with Crippen LogP contribution >= 0.6 is 0 Å². The van der Waals surface area contributed by atoms with Gasteiger partial charge in [0.2, 0.25) is 0 Å². The fourth-order valence-corrected chi connectivity index (χ4v) is 2.09. The van der Waals surface area contributed by atoms with E-state index in [-0.39, 0.29) is 0 Å². The molecule has 1 aromatic heterocycles. The van der Waals surface area contributed by atoms with Crippen LogP contribution in [0.3, 0.4) is 0 Å². The molecule has 0 radical (unpaired) electrons. The molecule has 1 heterocycles. The Bertz CT molecular complexity index is 793. The van der Waals surface area contributed by atoms with Crippen molar-refractivity contribution in [1.29, 1.82) is 0 Å². The summed E-state index contributed by atoms with van der Waals surface area (Å²) in [5.74, 6) is 1.36. The third kappa shape index (κ3) is 6.06. The first-order valence-corrected chi connectivity index (χ1v) is 8.06. The van der Waals surface area contributed by atoms with E-state index in [1.807, 2.05) is 77.8 Å². The average Bonchev–Trinajstić information content (AvgIpc) is 3.12. The number of rotatable bonds is 4. The molecule has 128 valence electrons. The van der Waals surface area contributed by atoms with E-state index in [9.17, 15) is 0 Å². The fourth-order valence-electron chi connectivity index (χ4n) is 2.09. The van der Waals surface area contributed by atoms with E-state index >= 15 is 0 Å². The van der Waals surface area contributed by atoms with Gasteiger partial charge in [-0.25, -0.2) is 9.66 Å². The number of hydrogen-bond acceptors (Lipinski definition) is 4. The predicted molar refractivity (Wildman–Crippen MR) is 102 cm³/mol. The highest BCUT2D eigenvalue weighted by Gasteiger charge is 2.04. The Balaban J connectivity index is 0.000000212. The van der Waals surface area contributed by atoms with Crippen LogP contribution in [-0.4, -0.2) is 27.3 Å². The van der Waals surface area contributed by atoms with E-state index in [1.165, 1.54) is 6.21 Å². The zero-order valence-corrected chi connectivity index (χ0v) is 14.4. The SMILES string of the molecule is CC(C)c1nccn1N=Cc1ccccc1.ON=Cc1ccccc1. The minimum absolute atomic E-state index is 0.378. The van der Waals surface area contributed by atoms with E-state index < -0.39 is 0 Å². The number of nitrogens with zero attached hydrogens (tertiary/aromatic N) is 4. The van der Waals surface area contributed by atoms with Crippen molar-refractivity contribution in [3.63, 3.8) is 0 Å². The Morgan fingerprint density at radius 2 is 1.48 bits per heavy atom. The van der Waals surface area contributed by atoms with E-state index in [0.717, 1.165) is 17.0 Å². The van der Waals surface area contributed by atoms with Crippen molar-refractivity contribution in [3.8, 4) is 0 Å². The summed E-state index contributed by atoms with van der Waals surface area (Å²) in [5, 5.41) is 15.4. The maximum absolute atomic E-state index is 8.09. The molecule has 0 fully saturated rings. The lowest BCUT2D eigenvalue weighted by molar-refractivity contribution is 0.322. The van der Waals surface area contributed by atoms with Gasteiger partial charge in [-0.2, -0.15) is 5.10 Å². The summed E-state index contributed by atoms with van der Waals surface area (Å²) in [6, 6.07) is 19.4. The normalized spacial score (nSPS) is 11.0. The highest BCUT2D eigenvalue weighted by atomic mass is 16.4. The third-order valence-electron chi connectivity index (χ3n) is 3.30. The molecule has 2 aromatic carbocycles. The number of aromatic nitrogens is 2. The largest absolute Gasteiger partial charge is 0.411 e. The van der Waals surface area contributed by atoms with Crippen LogP contribution in [-0.2, 0) is 0 Å². The van der Waals surface area contributed by atoms with Crippen LogP contribution in [0, 0.1) is 0 Å². The first kappa shape index (κ1) is 18.1. The number of benzene rings is 2. The second kappa shape index (κ2) is 9.82. The van der Waals surface area contributed by atoms with Gasteiger partial charge in [0.05, 0.1) is 12.4 Å². The first-order valence-electron chi connectivity index (χ1n) is 8.06. The average molecular weight is 334 g/mol. The molecular weight excluding hydrogens is 312 g/mol. The molecule has 0 saturated heterocycles. The summed E-state index contributed by atoms with van der Waals surface area (Å²) in [6.45, 7) is 4.22. The standard InChI is InChI=1S/C13H15N3.C7H7NO/c1-11(2)13-14-8-9-16(13)15-10-12-6-4-3-5-7-12;9-8-6-7-4-2-1-3-5-7/h3-11H,1-2H3;1-6,9H. The van der Waals surface area contributed by atoms with Gasteiger partial charge >= 0.3 is 0 Å². The number of oxime groups is 1. The van der Waals surface area contributed by atoms with Crippen molar-refractivity contribution in [3.05, 3.63) is 90.0 Å². The van der Waals surface area contributed by atoms with Crippen LogP contribution in [0.25, 0.3) is 0 Å². The number of hydrogen-bond donors (Lipinski definition) is 1. The molecule has 0 spiro atoms. The van der Waals surface area contributed by atoms with Gasteiger partial charge in [0, 0.05) is 18.3 Å². The lowest BCUT2D eigenvalue weighted by Gasteiger charge is -2.03. The maximum atomic E-state index is 8.09. The van der Waals surface area contributed by atoms with Crippen molar-refractivity contribution in [1.82, 2.24) is 9.66 Å². The molecule has 0 amide bonds. The summed E-state index contributed by atoms with van der Waals surface area (Å²) in [7, 11) is 0. The highest BCUT2D eigenvalue weighted by molar-refractivity contribution is 5.79. The Labute approximate surface area is 148 Å². The molecule has 3 rings (SSSR count). The predicted octanol–water partition coefficient (Wildman–Crippen LogP) is 4.38. The van der Waals surface area contributed by atoms with Crippen LogP contribution in [0.15, 0.2) is 83.3 Å². The van der Waals surface area contributed by atoms with E-state index in [1.54, 1.807) is 6.20 Å². The van der Waals surface area contributed by atoms with E-state index in [2.05, 4.69) is 29.1 Å². The molecule has 25 heavy (non-hydrogen) atoms. The van der Waals surface area contributed by atoms with Crippen molar-refractivity contribution in [2.45, 2.75) is 19.8 Å². The molecule has 0 saturated carbocycles. The minimum Gasteiger partial charge on any atom is -0.411 e. The van der Waals surface area contributed by atoms with Gasteiger partial charge in [-0.1, -0.05) is 79.7 Å². The number of imidazole rings is 1. The molecule has 0 aliphatic rings. The monoisotopic (exact) mass is 334 g/mol. The van der Waals surface area contributed by atoms with Crippen molar-refractivity contribution < 1.29 is 5.21 Å². The molecule has 0 aliphatic carbocycles. The van der Waals surface area contributed by atoms with Gasteiger partial charge in [0.25, 0.3) is 0 Å². The highest BCUT2D eigenvalue weighted by Crippen LogP contribution is 2.11. The maximum Gasteiger partial charge on any atom is 0.132 e. The Hall–Kier alpha value is -3.21. The van der Waals surface area contributed by atoms with Crippen LogP contribution in [0.4, 0.5) is 0 Å². The fraction of sp³-hybridized carbons (Fsp3) is 0.150. The lowest BCUT2D eigenvalue weighted by atomic mass is 10.2. The van der Waals surface area contributed by atoms with Crippen molar-refractivity contribution in [2.24, 2.45) is 10.3 Å². The molecule has 0 atom stereocenters. The van der Waals surface area contributed by atoms with Crippen LogP contribution in [0.2, 0.25) is 0 Å². The lowest BCUT2D eigenvalue weighted by Crippen LogP contribution is -1.99. The third-order valence-corrected chi connectivity index (χ3v) is 3.30. The van der Waals surface area contributed by atoms with Gasteiger partial charge in [0.15, 0.2) is 0 Å². The molecule has 1 N–H and O–H groups in total. The smallest absolute Gasteiger partial charge is 0.132 e. The second-order valence-corrected chi connectivity index (χ2v) is 5.60. The topological polar surface area (TPSA) is 62.8 Å². The van der Waals surface area contributed by atoms with Crippen LogP contribution < -0.4 is 0 Å². The minimum atomic E-state index is 0.378. The molecular formula is C20H22N4O. The Kier molecular flexibility index (Phi) is 7.13. The zero-order chi connectivity index (χ0) is 17.9. The van der Waals surface area contributed by atoms with Gasteiger partial charge < -0.3 is 5.21 Å². The summed E-state index contributed by atoms with van der Waals surface area (Å²) in [4.78, 5) is 4.28. The quantitative estimate of drug-likeness (QED) is 0.437. The Morgan fingerprint density at radius 1 is 0.920 bits per heavy atom. The van der Waals surface area contributed by atoms with E-state index in [0.29, 0.717) is 5.92 Å². The van der Waals surface area contributed by atoms with Gasteiger partial charge in [-0.05, 0) is 11.1 Å². The van der Waals surface area contributed by atoms with E-state index in [4.69, 9.17) is 5.21 Å². The summed E-state index contributed by atoms with van der Waals surface area (Å²) >= 11 is 0. The van der Waals surface area contributed by atoms with Crippen molar-refractivity contribution >= 4 is 12.4 Å². The second-order valence-electron chi connectivity index (χ2n) is 5.60. The zero-order valence-electron chi connectivity index (χ0n) is 14.4. The summed E-state index contributed by atoms with van der Waals surface area (Å²) < 4.78 is 1.82. The molecule has 0 bridgehead atoms. The first-order chi connectivity index (χ1) is 12.2. The van der Waals surface area contributed by atoms with Gasteiger partial charge in [-0.15, -0.1) is 0 Å². The molecule has 5 heteroatoms. The summed E-state index contributed by atoms with van der Waals surface area (Å²) in [6.07, 6.45) is 6.88. The molecule has 0 aliphatic heterocycles. The molecule has 0 unspecified atom stereocenters. The van der Waals surface area contributed by atoms with Gasteiger partial charge in [-0.3, -0.25) is 0 Å². The summed E-state index contributed by atoms with van der Waals surface area (Å²) in [5.41, 5.74) is 1.99. The van der Waals surface area contributed by atoms with Crippen molar-refractivity contribution in [2.75, 3.05) is 0 Å². The molecule has 5 nitrogen and oxygen atoms in total. The Morgan fingerprint density at radius 3 is 2.00 bits per heavy atom.